The highest BCUT2D eigenvalue weighted by Crippen LogP contribution is 2.25. The number of ether oxygens (including phenoxy) is 2. The Kier molecular flexibility index (Phi) is 4.55. The molecule has 3 nitrogen and oxygen atoms in total. The number of benzene rings is 1. The molecule has 0 heterocycles. The Hall–Kier alpha value is -1.51. The number of aryl methyl sites for hydroxylation is 1. The highest BCUT2D eigenvalue weighted by molar-refractivity contribution is 5.74. The normalized spacial score (nSPS) is 12.4. The molecular weight excluding hydrogens is 216 g/mol. The third-order valence-electron chi connectivity index (χ3n) is 2.72. The summed E-state index contributed by atoms with van der Waals surface area (Å²) >= 11 is 0. The molecule has 0 aliphatic heterocycles. The maximum absolute atomic E-state index is 11.3. The van der Waals surface area contributed by atoms with Crippen LogP contribution in [0.15, 0.2) is 18.2 Å². The van der Waals surface area contributed by atoms with Gasteiger partial charge in [0.05, 0.1) is 7.11 Å². The fourth-order valence-electron chi connectivity index (χ4n) is 1.51. The van der Waals surface area contributed by atoms with E-state index in [1.54, 1.807) is 6.92 Å². The molecule has 0 aromatic heterocycles. The summed E-state index contributed by atoms with van der Waals surface area (Å²) in [6.07, 6.45) is -0.582. The standard InChI is InChI=1S/C14H20O3/c1-9(2)12-7-6-10(3)13(8-12)17-11(4)14(15)16-5/h6-9,11H,1-5H3/t11-/m1/s1. The molecule has 1 rings (SSSR count). The van der Waals surface area contributed by atoms with Crippen LogP contribution in [0.1, 0.15) is 37.8 Å². The van der Waals surface area contributed by atoms with E-state index in [0.29, 0.717) is 5.92 Å². The van der Waals surface area contributed by atoms with Crippen LogP contribution in [-0.2, 0) is 9.53 Å². The van der Waals surface area contributed by atoms with Crippen molar-refractivity contribution in [3.8, 4) is 5.75 Å². The van der Waals surface area contributed by atoms with E-state index in [4.69, 9.17) is 4.74 Å². The van der Waals surface area contributed by atoms with Gasteiger partial charge >= 0.3 is 5.97 Å². The first-order valence-electron chi connectivity index (χ1n) is 5.80. The van der Waals surface area contributed by atoms with Crippen LogP contribution in [-0.4, -0.2) is 19.2 Å². The number of carbonyl (C=O) groups excluding carboxylic acids is 1. The largest absolute Gasteiger partial charge is 0.479 e. The Morgan fingerprint density at radius 2 is 1.88 bits per heavy atom. The number of carbonyl (C=O) groups is 1. The van der Waals surface area contributed by atoms with Crippen molar-refractivity contribution >= 4 is 5.97 Å². The van der Waals surface area contributed by atoms with Crippen molar-refractivity contribution in [2.24, 2.45) is 0 Å². The summed E-state index contributed by atoms with van der Waals surface area (Å²) in [5.41, 5.74) is 2.22. The molecule has 0 saturated heterocycles. The Morgan fingerprint density at radius 3 is 2.41 bits per heavy atom. The second-order valence-corrected chi connectivity index (χ2v) is 4.46. The van der Waals surface area contributed by atoms with Crippen molar-refractivity contribution in [3.05, 3.63) is 29.3 Å². The van der Waals surface area contributed by atoms with Gasteiger partial charge in [0.25, 0.3) is 0 Å². The first-order valence-corrected chi connectivity index (χ1v) is 5.80. The molecule has 0 N–H and O–H groups in total. The summed E-state index contributed by atoms with van der Waals surface area (Å²) in [7, 11) is 1.36. The van der Waals surface area contributed by atoms with Crippen molar-refractivity contribution < 1.29 is 14.3 Å². The fraction of sp³-hybridized carbons (Fsp3) is 0.500. The van der Waals surface area contributed by atoms with Gasteiger partial charge in [-0.05, 0) is 37.0 Å². The van der Waals surface area contributed by atoms with Gasteiger partial charge in [-0.3, -0.25) is 0 Å². The molecule has 0 aliphatic carbocycles. The van der Waals surface area contributed by atoms with Crippen LogP contribution in [0.4, 0.5) is 0 Å². The lowest BCUT2D eigenvalue weighted by Crippen LogP contribution is -2.25. The SMILES string of the molecule is COC(=O)[C@@H](C)Oc1cc(C(C)C)ccc1C. The van der Waals surface area contributed by atoms with Gasteiger partial charge in [0.2, 0.25) is 0 Å². The van der Waals surface area contributed by atoms with E-state index < -0.39 is 6.10 Å². The van der Waals surface area contributed by atoms with Gasteiger partial charge in [-0.2, -0.15) is 0 Å². The van der Waals surface area contributed by atoms with Gasteiger partial charge in [-0.15, -0.1) is 0 Å². The molecule has 1 aromatic carbocycles. The molecule has 94 valence electrons. The summed E-state index contributed by atoms with van der Waals surface area (Å²) in [6, 6.07) is 6.07. The van der Waals surface area contributed by atoms with Crippen molar-refractivity contribution in [2.75, 3.05) is 7.11 Å². The molecule has 0 amide bonds. The third-order valence-corrected chi connectivity index (χ3v) is 2.72. The molecule has 0 saturated carbocycles. The predicted molar refractivity (Wildman–Crippen MR) is 67.4 cm³/mol. The maximum atomic E-state index is 11.3. The van der Waals surface area contributed by atoms with Crippen molar-refractivity contribution in [2.45, 2.75) is 39.7 Å². The first-order chi connectivity index (χ1) is 7.95. The number of hydrogen-bond acceptors (Lipinski definition) is 3. The molecule has 17 heavy (non-hydrogen) atoms. The average molecular weight is 236 g/mol. The number of rotatable bonds is 4. The zero-order valence-electron chi connectivity index (χ0n) is 11.1. The maximum Gasteiger partial charge on any atom is 0.346 e. The lowest BCUT2D eigenvalue weighted by Gasteiger charge is -2.16. The molecule has 0 aliphatic rings. The smallest absolute Gasteiger partial charge is 0.346 e. The van der Waals surface area contributed by atoms with Gasteiger partial charge in [0.1, 0.15) is 5.75 Å². The van der Waals surface area contributed by atoms with Gasteiger partial charge in [-0.1, -0.05) is 26.0 Å². The highest BCUT2D eigenvalue weighted by atomic mass is 16.6. The predicted octanol–water partition coefficient (Wildman–Crippen LogP) is 3.06. The summed E-state index contributed by atoms with van der Waals surface area (Å²) in [5, 5.41) is 0. The van der Waals surface area contributed by atoms with E-state index in [2.05, 4.69) is 24.7 Å². The molecule has 0 fully saturated rings. The minimum Gasteiger partial charge on any atom is -0.479 e. The molecule has 3 heteroatoms. The minimum absolute atomic E-state index is 0.362. The molecule has 0 unspecified atom stereocenters. The van der Waals surface area contributed by atoms with Crippen LogP contribution in [0.2, 0.25) is 0 Å². The van der Waals surface area contributed by atoms with Crippen molar-refractivity contribution in [1.82, 2.24) is 0 Å². The second kappa shape index (κ2) is 5.71. The van der Waals surface area contributed by atoms with Gasteiger partial charge < -0.3 is 9.47 Å². The Labute approximate surface area is 103 Å². The second-order valence-electron chi connectivity index (χ2n) is 4.46. The molecule has 0 spiro atoms. The first kappa shape index (κ1) is 13.6. The summed E-state index contributed by atoms with van der Waals surface area (Å²) < 4.78 is 10.3. The summed E-state index contributed by atoms with van der Waals surface area (Å²) in [5.74, 6) is 0.819. The van der Waals surface area contributed by atoms with Crippen LogP contribution < -0.4 is 4.74 Å². The monoisotopic (exact) mass is 236 g/mol. The number of methoxy groups -OCH3 is 1. The summed E-state index contributed by atoms with van der Waals surface area (Å²) in [4.78, 5) is 11.3. The van der Waals surface area contributed by atoms with Crippen LogP contribution >= 0.6 is 0 Å². The average Bonchev–Trinajstić information content (AvgIpc) is 2.30. The van der Waals surface area contributed by atoms with E-state index >= 15 is 0 Å². The lowest BCUT2D eigenvalue weighted by molar-refractivity contribution is -0.147. The Bertz CT molecular complexity index is 396. The van der Waals surface area contributed by atoms with Gasteiger partial charge in [0, 0.05) is 0 Å². The Balaban J connectivity index is 2.89. The zero-order valence-corrected chi connectivity index (χ0v) is 11.1. The van der Waals surface area contributed by atoms with Crippen LogP contribution in [0.3, 0.4) is 0 Å². The third kappa shape index (κ3) is 3.48. The lowest BCUT2D eigenvalue weighted by atomic mass is 10.0. The number of hydrogen-bond donors (Lipinski definition) is 0. The quantitative estimate of drug-likeness (QED) is 0.754. The molecule has 0 bridgehead atoms. The van der Waals surface area contributed by atoms with Crippen LogP contribution in [0.25, 0.3) is 0 Å². The van der Waals surface area contributed by atoms with E-state index in [9.17, 15) is 4.79 Å². The molecule has 1 atom stereocenters. The summed E-state index contributed by atoms with van der Waals surface area (Å²) in [6.45, 7) is 7.90. The van der Waals surface area contributed by atoms with Gasteiger partial charge in [-0.25, -0.2) is 4.79 Å². The topological polar surface area (TPSA) is 35.5 Å². The van der Waals surface area contributed by atoms with E-state index in [1.165, 1.54) is 12.7 Å². The number of esters is 1. The Morgan fingerprint density at radius 1 is 1.24 bits per heavy atom. The molecule has 1 aromatic rings. The molecule has 0 radical (unpaired) electrons. The van der Waals surface area contributed by atoms with Crippen molar-refractivity contribution in [1.29, 1.82) is 0 Å². The zero-order chi connectivity index (χ0) is 13.0. The molecular formula is C14H20O3. The van der Waals surface area contributed by atoms with Crippen molar-refractivity contribution in [3.63, 3.8) is 0 Å². The van der Waals surface area contributed by atoms with Crippen LogP contribution in [0.5, 0.6) is 5.75 Å². The van der Waals surface area contributed by atoms with Crippen LogP contribution in [0, 0.1) is 6.92 Å². The van der Waals surface area contributed by atoms with E-state index in [-0.39, 0.29) is 5.97 Å². The van der Waals surface area contributed by atoms with E-state index in [1.807, 2.05) is 19.1 Å². The van der Waals surface area contributed by atoms with E-state index in [0.717, 1.165) is 11.3 Å². The highest BCUT2D eigenvalue weighted by Gasteiger charge is 2.16. The minimum atomic E-state index is -0.582. The van der Waals surface area contributed by atoms with Gasteiger partial charge in [0.15, 0.2) is 6.10 Å². The fourth-order valence-corrected chi connectivity index (χ4v) is 1.51.